The summed E-state index contributed by atoms with van der Waals surface area (Å²) in [5.74, 6) is -1.91. The first kappa shape index (κ1) is 32.9. The summed E-state index contributed by atoms with van der Waals surface area (Å²) in [6.45, 7) is 4.17. The van der Waals surface area contributed by atoms with E-state index in [2.05, 4.69) is 21.3 Å². The number of hydrogen-bond donors (Lipinski definition) is 4. The number of halogens is 1. The van der Waals surface area contributed by atoms with Crippen molar-refractivity contribution in [2.24, 2.45) is 0 Å². The number of alkyl halides is 1. The highest BCUT2D eigenvalue weighted by Crippen LogP contribution is 2.07. The molecule has 0 bridgehead atoms. The number of hydrogen-bond acceptors (Lipinski definition) is 8. The molecule has 4 N–H and O–H groups in total. The minimum atomic E-state index is -1.37. The molecule has 0 saturated heterocycles. The fourth-order valence-electron chi connectivity index (χ4n) is 3.19. The summed E-state index contributed by atoms with van der Waals surface area (Å²) in [5, 5.41) is 9.63. The molecule has 0 radical (unpaired) electrons. The molecule has 41 heavy (non-hydrogen) atoms. The van der Waals surface area contributed by atoms with Crippen LogP contribution in [0.1, 0.15) is 31.9 Å². The van der Waals surface area contributed by atoms with Crippen LogP contribution < -0.4 is 21.3 Å². The highest BCUT2D eigenvalue weighted by molar-refractivity contribution is 6.28. The molecule has 2 unspecified atom stereocenters. The third-order valence-corrected chi connectivity index (χ3v) is 5.43. The summed E-state index contributed by atoms with van der Waals surface area (Å²) in [6.07, 6.45) is -2.59. The number of nitrogens with one attached hydrogen (secondary N) is 4. The lowest BCUT2D eigenvalue weighted by Crippen LogP contribution is -2.58. The Hall–Kier alpha value is -4.32. The van der Waals surface area contributed by atoms with Gasteiger partial charge in [0.2, 0.25) is 5.91 Å². The maximum atomic E-state index is 13.1. The van der Waals surface area contributed by atoms with Crippen LogP contribution in [0.25, 0.3) is 0 Å². The zero-order valence-electron chi connectivity index (χ0n) is 23.1. The lowest BCUT2D eigenvalue weighted by molar-refractivity contribution is -0.127. The molecule has 0 fully saturated rings. The van der Waals surface area contributed by atoms with E-state index in [0.29, 0.717) is 0 Å². The summed E-state index contributed by atoms with van der Waals surface area (Å²) in [6, 6.07) is 15.3. The number of ketones is 1. The average molecular weight is 591 g/mol. The molecule has 13 heteroatoms. The molecule has 222 valence electrons. The lowest BCUT2D eigenvalue weighted by Gasteiger charge is -2.25. The van der Waals surface area contributed by atoms with Crippen LogP contribution in [0.3, 0.4) is 0 Å². The van der Waals surface area contributed by atoms with Gasteiger partial charge in [0, 0.05) is 6.54 Å². The number of benzene rings is 2. The molecule has 2 atom stereocenters. The maximum Gasteiger partial charge on any atom is 0.408 e. The van der Waals surface area contributed by atoms with E-state index in [1.54, 1.807) is 69.3 Å². The van der Waals surface area contributed by atoms with Gasteiger partial charge in [-0.25, -0.2) is 14.4 Å². The van der Waals surface area contributed by atoms with Crippen molar-refractivity contribution in [2.45, 2.75) is 51.7 Å². The van der Waals surface area contributed by atoms with Crippen molar-refractivity contribution >= 4 is 41.6 Å². The Morgan fingerprint density at radius 3 is 1.61 bits per heavy atom. The normalized spacial score (nSPS) is 12.2. The molecule has 2 aromatic rings. The molecule has 4 amide bonds. The van der Waals surface area contributed by atoms with Crippen LogP contribution in [0.4, 0.5) is 14.4 Å². The molecule has 0 aliphatic heterocycles. The van der Waals surface area contributed by atoms with E-state index < -0.39 is 60.1 Å². The van der Waals surface area contributed by atoms with Crippen LogP contribution >= 0.6 is 11.6 Å². The van der Waals surface area contributed by atoms with E-state index >= 15 is 0 Å². The smallest absolute Gasteiger partial charge is 0.408 e. The Morgan fingerprint density at radius 1 is 0.707 bits per heavy atom. The molecule has 2 rings (SSSR count). The average Bonchev–Trinajstić information content (AvgIpc) is 2.94. The van der Waals surface area contributed by atoms with Crippen molar-refractivity contribution in [1.29, 1.82) is 0 Å². The Kier molecular flexibility index (Phi) is 13.4. The second-order valence-corrected chi connectivity index (χ2v) is 10.0. The minimum absolute atomic E-state index is 0.00107. The van der Waals surface area contributed by atoms with Gasteiger partial charge in [0.15, 0.2) is 5.78 Å². The van der Waals surface area contributed by atoms with Gasteiger partial charge >= 0.3 is 18.3 Å². The Labute approximate surface area is 243 Å². The van der Waals surface area contributed by atoms with Gasteiger partial charge in [-0.05, 0) is 31.9 Å². The van der Waals surface area contributed by atoms with Crippen LogP contribution in [-0.2, 0) is 37.0 Å². The quantitative estimate of drug-likeness (QED) is 0.204. The van der Waals surface area contributed by atoms with Crippen LogP contribution in [0.5, 0.6) is 0 Å². The zero-order chi connectivity index (χ0) is 30.3. The van der Waals surface area contributed by atoms with E-state index in [4.69, 9.17) is 25.8 Å². The van der Waals surface area contributed by atoms with Crippen molar-refractivity contribution in [3.8, 4) is 0 Å². The number of alkyl carbamates (subject to hydrolysis) is 3. The van der Waals surface area contributed by atoms with Gasteiger partial charge in [-0.15, -0.1) is 11.6 Å². The van der Waals surface area contributed by atoms with E-state index in [9.17, 15) is 24.0 Å². The predicted octanol–water partition coefficient (Wildman–Crippen LogP) is 3.03. The molecule has 0 spiro atoms. The van der Waals surface area contributed by atoms with Gasteiger partial charge in [0.05, 0.1) is 12.4 Å². The van der Waals surface area contributed by atoms with E-state index in [1.165, 1.54) is 0 Å². The van der Waals surface area contributed by atoms with Gasteiger partial charge in [-0.2, -0.15) is 0 Å². The second kappa shape index (κ2) is 16.7. The van der Waals surface area contributed by atoms with Crippen molar-refractivity contribution in [3.05, 3.63) is 71.8 Å². The fourth-order valence-corrected chi connectivity index (χ4v) is 3.38. The molecule has 0 aromatic heterocycles. The molecule has 0 aliphatic rings. The number of carbonyl (C=O) groups is 5. The third kappa shape index (κ3) is 13.5. The van der Waals surface area contributed by atoms with Crippen molar-refractivity contribution in [3.63, 3.8) is 0 Å². The molecular weight excluding hydrogens is 556 g/mol. The first-order chi connectivity index (χ1) is 19.5. The SMILES string of the molecule is CC(C)(C)OC(=O)NC(CNC(=O)OCc1ccccc1)C(=O)NC(CNC(=O)OCc1ccccc1)C(=O)CCl. The van der Waals surface area contributed by atoms with E-state index in [0.717, 1.165) is 11.1 Å². The first-order valence-corrected chi connectivity index (χ1v) is 13.3. The van der Waals surface area contributed by atoms with Crippen molar-refractivity contribution in [2.75, 3.05) is 19.0 Å². The monoisotopic (exact) mass is 590 g/mol. The van der Waals surface area contributed by atoms with E-state index in [-0.39, 0.29) is 19.8 Å². The highest BCUT2D eigenvalue weighted by atomic mass is 35.5. The number of amides is 4. The van der Waals surface area contributed by atoms with Gasteiger partial charge in [0.25, 0.3) is 0 Å². The van der Waals surface area contributed by atoms with Gasteiger partial charge in [0.1, 0.15) is 30.9 Å². The van der Waals surface area contributed by atoms with Gasteiger partial charge in [-0.3, -0.25) is 9.59 Å². The third-order valence-electron chi connectivity index (χ3n) is 5.17. The number of Topliss-reactive ketones (excluding diaryl/α,β-unsaturated/α-hetero) is 1. The van der Waals surface area contributed by atoms with Crippen molar-refractivity contribution in [1.82, 2.24) is 21.3 Å². The largest absolute Gasteiger partial charge is 0.445 e. The number of ether oxygens (including phenoxy) is 3. The van der Waals surface area contributed by atoms with Crippen LogP contribution in [-0.4, -0.2) is 66.6 Å². The summed E-state index contributed by atoms with van der Waals surface area (Å²) < 4.78 is 15.5. The van der Waals surface area contributed by atoms with E-state index in [1.807, 2.05) is 12.1 Å². The topological polar surface area (TPSA) is 161 Å². The standard InChI is InChI=1S/C28H35ClN4O8/c1-28(2,3)41-27(38)33-22(16-31-26(37)40-18-20-12-8-5-9-13-20)24(35)32-21(23(34)14-29)15-30-25(36)39-17-19-10-6-4-7-11-19/h4-13,21-22H,14-18H2,1-3H3,(H,30,36)(H,31,37)(H,32,35)(H,33,38). The lowest BCUT2D eigenvalue weighted by atomic mass is 10.1. The summed E-state index contributed by atoms with van der Waals surface area (Å²) in [4.78, 5) is 62.3. The Bertz CT molecular complexity index is 1160. The number of carbonyl (C=O) groups excluding carboxylic acids is 5. The van der Waals surface area contributed by atoms with Crippen molar-refractivity contribution < 1.29 is 38.2 Å². The summed E-state index contributed by atoms with van der Waals surface area (Å²) >= 11 is 5.70. The summed E-state index contributed by atoms with van der Waals surface area (Å²) in [5.41, 5.74) is 0.644. The second-order valence-electron chi connectivity index (χ2n) is 9.75. The molecule has 0 heterocycles. The molecular formula is C28H35ClN4O8. The van der Waals surface area contributed by atoms with Crippen LogP contribution in [0, 0.1) is 0 Å². The maximum absolute atomic E-state index is 13.1. The summed E-state index contributed by atoms with van der Waals surface area (Å²) in [7, 11) is 0. The van der Waals surface area contributed by atoms with Crippen LogP contribution in [0.15, 0.2) is 60.7 Å². The van der Waals surface area contributed by atoms with Gasteiger partial charge in [-0.1, -0.05) is 60.7 Å². The minimum Gasteiger partial charge on any atom is -0.445 e. The molecule has 2 aromatic carbocycles. The van der Waals surface area contributed by atoms with Gasteiger partial charge < -0.3 is 35.5 Å². The highest BCUT2D eigenvalue weighted by Gasteiger charge is 2.29. The Balaban J connectivity index is 1.99. The molecule has 0 aliphatic carbocycles. The predicted molar refractivity (Wildman–Crippen MR) is 150 cm³/mol. The number of rotatable bonds is 13. The first-order valence-electron chi connectivity index (χ1n) is 12.7. The zero-order valence-corrected chi connectivity index (χ0v) is 23.9. The fraction of sp³-hybridized carbons (Fsp3) is 0.393. The molecule has 12 nitrogen and oxygen atoms in total. The Morgan fingerprint density at radius 2 is 1.17 bits per heavy atom. The molecule has 0 saturated carbocycles. The van der Waals surface area contributed by atoms with Crippen LogP contribution in [0.2, 0.25) is 0 Å².